The summed E-state index contributed by atoms with van der Waals surface area (Å²) in [5, 5.41) is 0. The van der Waals surface area contributed by atoms with E-state index in [1.807, 2.05) is 0 Å². The third kappa shape index (κ3) is 2.62. The maximum Gasteiger partial charge on any atom is 0.250 e. The zero-order chi connectivity index (χ0) is 11.5. The van der Waals surface area contributed by atoms with Crippen LogP contribution in [0.1, 0.15) is 0 Å². The van der Waals surface area contributed by atoms with Crippen LogP contribution in [0.2, 0.25) is 0 Å². The smallest absolute Gasteiger partial charge is 0.250 e. The highest BCUT2D eigenvalue weighted by Crippen LogP contribution is 2.05. The van der Waals surface area contributed by atoms with Crippen LogP contribution >= 0.6 is 0 Å². The fraction of sp³-hybridized carbons (Fsp3) is 0.545. The molecule has 1 saturated heterocycles. The van der Waals surface area contributed by atoms with E-state index in [2.05, 4.69) is 11.9 Å². The number of pyridine rings is 1. The Morgan fingerprint density at radius 2 is 2.38 bits per heavy atom. The van der Waals surface area contributed by atoms with Crippen LogP contribution in [0.15, 0.2) is 23.1 Å². The summed E-state index contributed by atoms with van der Waals surface area (Å²) in [4.78, 5) is 13.8. The van der Waals surface area contributed by atoms with Crippen molar-refractivity contribution in [3.8, 4) is 0 Å². The average molecular weight is 223 g/mol. The van der Waals surface area contributed by atoms with Crippen LogP contribution in [0.25, 0.3) is 0 Å². The number of hydrogen-bond acceptors (Lipinski definition) is 4. The minimum atomic E-state index is -0.0361. The van der Waals surface area contributed by atoms with Crippen molar-refractivity contribution in [3.63, 3.8) is 0 Å². The van der Waals surface area contributed by atoms with E-state index in [0.717, 1.165) is 19.7 Å². The van der Waals surface area contributed by atoms with Gasteiger partial charge in [-0.1, -0.05) is 0 Å². The van der Waals surface area contributed by atoms with Crippen LogP contribution in [0.3, 0.4) is 0 Å². The monoisotopic (exact) mass is 223 g/mol. The predicted molar refractivity (Wildman–Crippen MR) is 62.4 cm³/mol. The van der Waals surface area contributed by atoms with E-state index in [1.165, 1.54) is 6.07 Å². The maximum atomic E-state index is 11.6. The molecular weight excluding hydrogens is 206 g/mol. The van der Waals surface area contributed by atoms with Crippen molar-refractivity contribution in [1.29, 1.82) is 0 Å². The van der Waals surface area contributed by atoms with Crippen LogP contribution < -0.4 is 11.3 Å². The molecule has 1 aliphatic rings. The molecule has 1 aromatic heterocycles. The van der Waals surface area contributed by atoms with Gasteiger partial charge in [0.15, 0.2) is 0 Å². The van der Waals surface area contributed by atoms with Gasteiger partial charge in [-0.3, -0.25) is 4.79 Å². The molecule has 1 aliphatic heterocycles. The molecule has 0 spiro atoms. The zero-order valence-corrected chi connectivity index (χ0v) is 9.43. The number of nitrogen functional groups attached to an aromatic ring is 1. The molecule has 0 saturated carbocycles. The zero-order valence-electron chi connectivity index (χ0n) is 9.43. The maximum absolute atomic E-state index is 11.6. The molecule has 2 rings (SSSR count). The second kappa shape index (κ2) is 4.67. The highest BCUT2D eigenvalue weighted by Gasteiger charge is 2.18. The third-order valence-corrected chi connectivity index (χ3v) is 2.75. The van der Waals surface area contributed by atoms with Crippen molar-refractivity contribution in [2.24, 2.45) is 0 Å². The van der Waals surface area contributed by atoms with Crippen LogP contribution in [0, 0.1) is 0 Å². The van der Waals surface area contributed by atoms with Crippen molar-refractivity contribution in [1.82, 2.24) is 9.47 Å². The molecule has 0 aromatic carbocycles. The summed E-state index contributed by atoms with van der Waals surface area (Å²) < 4.78 is 7.22. The van der Waals surface area contributed by atoms with Crippen LogP contribution in [0.5, 0.6) is 0 Å². The van der Waals surface area contributed by atoms with Gasteiger partial charge in [-0.25, -0.2) is 0 Å². The van der Waals surface area contributed by atoms with E-state index in [4.69, 9.17) is 10.5 Å². The SMILES string of the molecule is CN1CCOC(Cn2cc(N)ccc2=O)C1. The Morgan fingerprint density at radius 3 is 3.12 bits per heavy atom. The average Bonchev–Trinajstić information content (AvgIpc) is 2.24. The fourth-order valence-corrected chi connectivity index (χ4v) is 1.89. The second-order valence-corrected chi connectivity index (χ2v) is 4.21. The number of rotatable bonds is 2. The third-order valence-electron chi connectivity index (χ3n) is 2.75. The molecule has 0 amide bonds. The van der Waals surface area contributed by atoms with Gasteiger partial charge in [0.1, 0.15) is 0 Å². The van der Waals surface area contributed by atoms with Gasteiger partial charge in [0, 0.05) is 31.0 Å². The first-order valence-corrected chi connectivity index (χ1v) is 5.41. The van der Waals surface area contributed by atoms with Gasteiger partial charge in [-0.15, -0.1) is 0 Å². The summed E-state index contributed by atoms with van der Waals surface area (Å²) in [6.45, 7) is 3.08. The lowest BCUT2D eigenvalue weighted by Crippen LogP contribution is -2.43. The van der Waals surface area contributed by atoms with E-state index in [9.17, 15) is 4.79 Å². The summed E-state index contributed by atoms with van der Waals surface area (Å²) in [7, 11) is 2.05. The first kappa shape index (κ1) is 11.2. The lowest BCUT2D eigenvalue weighted by atomic mass is 10.2. The van der Waals surface area contributed by atoms with Crippen molar-refractivity contribution >= 4 is 5.69 Å². The van der Waals surface area contributed by atoms with Gasteiger partial charge in [0.25, 0.3) is 5.56 Å². The van der Waals surface area contributed by atoms with Crippen LogP contribution in [-0.2, 0) is 11.3 Å². The molecule has 1 aromatic rings. The lowest BCUT2D eigenvalue weighted by Gasteiger charge is -2.30. The fourth-order valence-electron chi connectivity index (χ4n) is 1.89. The van der Waals surface area contributed by atoms with Gasteiger partial charge in [0.05, 0.1) is 19.3 Å². The number of aromatic nitrogens is 1. The molecule has 2 N–H and O–H groups in total. The van der Waals surface area contributed by atoms with Gasteiger partial charge >= 0.3 is 0 Å². The summed E-state index contributed by atoms with van der Waals surface area (Å²) >= 11 is 0. The van der Waals surface area contributed by atoms with Gasteiger partial charge in [0.2, 0.25) is 0 Å². The molecule has 1 fully saturated rings. The number of nitrogens with two attached hydrogens (primary N) is 1. The molecule has 1 unspecified atom stereocenters. The highest BCUT2D eigenvalue weighted by atomic mass is 16.5. The largest absolute Gasteiger partial charge is 0.398 e. The number of morpholine rings is 1. The Hall–Kier alpha value is -1.33. The van der Waals surface area contributed by atoms with Crippen LogP contribution in [0.4, 0.5) is 5.69 Å². The molecule has 5 nitrogen and oxygen atoms in total. The minimum absolute atomic E-state index is 0.0361. The lowest BCUT2D eigenvalue weighted by molar-refractivity contribution is -0.0278. The highest BCUT2D eigenvalue weighted by molar-refractivity contribution is 5.33. The second-order valence-electron chi connectivity index (χ2n) is 4.21. The van der Waals surface area contributed by atoms with Crippen molar-refractivity contribution in [3.05, 3.63) is 28.7 Å². The molecule has 0 aliphatic carbocycles. The van der Waals surface area contributed by atoms with Gasteiger partial charge in [-0.2, -0.15) is 0 Å². The Balaban J connectivity index is 2.08. The molecule has 2 heterocycles. The Kier molecular flexibility index (Phi) is 3.26. The van der Waals surface area contributed by atoms with Crippen molar-refractivity contribution in [2.75, 3.05) is 32.5 Å². The normalized spacial score (nSPS) is 22.2. The molecule has 0 bridgehead atoms. The molecular formula is C11H17N3O2. The van der Waals surface area contributed by atoms with E-state index < -0.39 is 0 Å². The summed E-state index contributed by atoms with van der Waals surface area (Å²) in [5.74, 6) is 0. The number of ether oxygens (including phenoxy) is 1. The molecule has 16 heavy (non-hydrogen) atoms. The van der Waals surface area contributed by atoms with Crippen molar-refractivity contribution in [2.45, 2.75) is 12.6 Å². The number of nitrogens with zero attached hydrogens (tertiary/aromatic N) is 2. The molecule has 5 heteroatoms. The summed E-state index contributed by atoms with van der Waals surface area (Å²) in [5.41, 5.74) is 6.21. The van der Waals surface area contributed by atoms with E-state index in [1.54, 1.807) is 16.8 Å². The molecule has 88 valence electrons. The van der Waals surface area contributed by atoms with E-state index in [0.29, 0.717) is 12.2 Å². The number of likely N-dealkylation sites (N-methyl/N-ethyl adjacent to an activating group) is 1. The molecule has 1 atom stereocenters. The van der Waals surface area contributed by atoms with Gasteiger partial charge in [-0.05, 0) is 13.1 Å². The summed E-state index contributed by atoms with van der Waals surface area (Å²) in [6.07, 6.45) is 1.73. The van der Waals surface area contributed by atoms with Crippen molar-refractivity contribution < 1.29 is 4.74 Å². The summed E-state index contributed by atoms with van der Waals surface area (Å²) in [6, 6.07) is 3.11. The minimum Gasteiger partial charge on any atom is -0.398 e. The predicted octanol–water partition coefficient (Wildman–Crippen LogP) is -0.239. The quantitative estimate of drug-likeness (QED) is 0.752. The van der Waals surface area contributed by atoms with Gasteiger partial charge < -0.3 is 19.9 Å². The topological polar surface area (TPSA) is 60.5 Å². The first-order valence-electron chi connectivity index (χ1n) is 5.41. The first-order chi connectivity index (χ1) is 7.65. The Labute approximate surface area is 94.4 Å². The van der Waals surface area contributed by atoms with Crippen LogP contribution in [-0.4, -0.2) is 42.3 Å². The molecule has 0 radical (unpaired) electrons. The Bertz CT molecular complexity index is 416. The van der Waals surface area contributed by atoms with E-state index in [-0.39, 0.29) is 11.7 Å². The Morgan fingerprint density at radius 1 is 1.56 bits per heavy atom. The number of hydrogen-bond donors (Lipinski definition) is 1. The standard InChI is InChI=1S/C11H17N3O2/c1-13-4-5-16-10(7-13)8-14-6-9(12)2-3-11(14)15/h2-3,6,10H,4-5,7-8,12H2,1H3. The number of anilines is 1. The van der Waals surface area contributed by atoms with E-state index >= 15 is 0 Å².